The quantitative estimate of drug-likeness (QED) is 0.869. The number of carboxylic acids is 1. The maximum atomic E-state index is 11.2. The first-order valence-electron chi connectivity index (χ1n) is 6.37. The molecule has 1 aromatic carbocycles. The summed E-state index contributed by atoms with van der Waals surface area (Å²) in [4.78, 5) is 11.2. The van der Waals surface area contributed by atoms with Gasteiger partial charge in [0.2, 0.25) is 0 Å². The van der Waals surface area contributed by atoms with Crippen molar-refractivity contribution in [1.82, 2.24) is 0 Å². The van der Waals surface area contributed by atoms with Crippen LogP contribution in [0.5, 0.6) is 0 Å². The van der Waals surface area contributed by atoms with Gasteiger partial charge in [-0.3, -0.25) is 0 Å². The zero-order valence-corrected chi connectivity index (χ0v) is 11.2. The Labute approximate surface area is 112 Å². The molecule has 0 heterocycles. The monoisotopic (exact) mass is 267 g/mol. The summed E-state index contributed by atoms with van der Waals surface area (Å²) in [7, 11) is 0. The zero-order chi connectivity index (χ0) is 13.1. The van der Waals surface area contributed by atoms with E-state index in [0.717, 1.165) is 6.42 Å². The molecule has 2 N–H and O–H groups in total. The average molecular weight is 268 g/mol. The van der Waals surface area contributed by atoms with Crippen molar-refractivity contribution in [3.8, 4) is 0 Å². The van der Waals surface area contributed by atoms with Crippen molar-refractivity contribution in [2.45, 2.75) is 38.6 Å². The van der Waals surface area contributed by atoms with Crippen LogP contribution in [0.15, 0.2) is 18.2 Å². The Balaban J connectivity index is 2.20. The van der Waals surface area contributed by atoms with Crippen LogP contribution in [-0.4, -0.2) is 17.1 Å². The summed E-state index contributed by atoms with van der Waals surface area (Å²) >= 11 is 5.84. The first-order valence-corrected chi connectivity index (χ1v) is 6.75. The van der Waals surface area contributed by atoms with Crippen molar-refractivity contribution in [3.05, 3.63) is 28.8 Å². The molecule has 2 atom stereocenters. The lowest BCUT2D eigenvalue weighted by Crippen LogP contribution is -2.30. The van der Waals surface area contributed by atoms with E-state index in [9.17, 15) is 9.90 Å². The second-order valence-electron chi connectivity index (χ2n) is 5.01. The van der Waals surface area contributed by atoms with Gasteiger partial charge in [0.15, 0.2) is 0 Å². The fourth-order valence-corrected chi connectivity index (χ4v) is 2.72. The summed E-state index contributed by atoms with van der Waals surface area (Å²) in [5, 5.41) is 13.0. The molecule has 1 aliphatic carbocycles. The van der Waals surface area contributed by atoms with Gasteiger partial charge >= 0.3 is 5.97 Å². The Morgan fingerprint density at radius 1 is 1.39 bits per heavy atom. The van der Waals surface area contributed by atoms with Crippen LogP contribution < -0.4 is 5.32 Å². The highest BCUT2D eigenvalue weighted by atomic mass is 35.5. The summed E-state index contributed by atoms with van der Waals surface area (Å²) in [6.45, 7) is 2.22. The van der Waals surface area contributed by atoms with Gasteiger partial charge in [0, 0.05) is 16.8 Å². The van der Waals surface area contributed by atoms with E-state index in [-0.39, 0.29) is 5.56 Å². The minimum atomic E-state index is -0.941. The number of halogens is 1. The summed E-state index contributed by atoms with van der Waals surface area (Å²) < 4.78 is 0. The SMILES string of the molecule is CC1CCCCC1Nc1ccc(Cl)cc1C(=O)O. The predicted octanol–water partition coefficient (Wildman–Crippen LogP) is 4.03. The molecule has 4 heteroatoms. The number of anilines is 1. The van der Waals surface area contributed by atoms with Gasteiger partial charge in [0.1, 0.15) is 0 Å². The Morgan fingerprint density at radius 2 is 2.11 bits per heavy atom. The molecule has 0 radical (unpaired) electrons. The lowest BCUT2D eigenvalue weighted by atomic mass is 9.85. The molecule has 98 valence electrons. The number of nitrogens with one attached hydrogen (secondary N) is 1. The number of aromatic carboxylic acids is 1. The van der Waals surface area contributed by atoms with E-state index >= 15 is 0 Å². The van der Waals surface area contributed by atoms with Crippen molar-refractivity contribution in [2.24, 2.45) is 5.92 Å². The van der Waals surface area contributed by atoms with Crippen LogP contribution in [0.2, 0.25) is 5.02 Å². The van der Waals surface area contributed by atoms with E-state index in [1.54, 1.807) is 12.1 Å². The van der Waals surface area contributed by atoms with E-state index in [4.69, 9.17) is 11.6 Å². The standard InChI is InChI=1S/C14H18ClNO2/c1-9-4-2-3-5-12(9)16-13-7-6-10(15)8-11(13)14(17)18/h6-9,12,16H,2-5H2,1H3,(H,17,18). The molecular formula is C14H18ClNO2. The lowest BCUT2D eigenvalue weighted by molar-refractivity contribution is 0.0698. The maximum absolute atomic E-state index is 11.2. The summed E-state index contributed by atoms with van der Waals surface area (Å²) in [5.41, 5.74) is 0.922. The van der Waals surface area contributed by atoms with E-state index < -0.39 is 5.97 Å². The highest BCUT2D eigenvalue weighted by molar-refractivity contribution is 6.31. The third kappa shape index (κ3) is 2.96. The second-order valence-corrected chi connectivity index (χ2v) is 5.44. The van der Waals surface area contributed by atoms with Gasteiger partial charge < -0.3 is 10.4 Å². The minimum Gasteiger partial charge on any atom is -0.478 e. The Morgan fingerprint density at radius 3 is 2.78 bits per heavy atom. The highest BCUT2D eigenvalue weighted by Gasteiger charge is 2.22. The molecule has 0 bridgehead atoms. The molecule has 1 saturated carbocycles. The van der Waals surface area contributed by atoms with Gasteiger partial charge in [-0.05, 0) is 37.0 Å². The number of hydrogen-bond donors (Lipinski definition) is 2. The van der Waals surface area contributed by atoms with Crippen LogP contribution in [0, 0.1) is 5.92 Å². The van der Waals surface area contributed by atoms with Crippen LogP contribution >= 0.6 is 11.6 Å². The summed E-state index contributed by atoms with van der Waals surface area (Å²) in [5.74, 6) is -0.362. The number of carboxylic acid groups (broad SMARTS) is 1. The molecule has 1 fully saturated rings. The van der Waals surface area contributed by atoms with Crippen LogP contribution in [0.25, 0.3) is 0 Å². The normalized spacial score (nSPS) is 23.7. The number of rotatable bonds is 3. The number of benzene rings is 1. The Kier molecular flexibility index (Phi) is 4.12. The van der Waals surface area contributed by atoms with Crippen molar-refractivity contribution < 1.29 is 9.90 Å². The van der Waals surface area contributed by atoms with Gasteiger partial charge in [-0.25, -0.2) is 4.79 Å². The van der Waals surface area contributed by atoms with Crippen molar-refractivity contribution >= 4 is 23.3 Å². The fourth-order valence-electron chi connectivity index (χ4n) is 2.55. The van der Waals surface area contributed by atoms with Crippen LogP contribution in [0.1, 0.15) is 43.0 Å². The zero-order valence-electron chi connectivity index (χ0n) is 10.4. The molecule has 1 aromatic rings. The highest BCUT2D eigenvalue weighted by Crippen LogP contribution is 2.29. The first-order chi connectivity index (χ1) is 8.58. The largest absolute Gasteiger partial charge is 0.478 e. The number of hydrogen-bond acceptors (Lipinski definition) is 2. The lowest BCUT2D eigenvalue weighted by Gasteiger charge is -2.30. The van der Waals surface area contributed by atoms with E-state index in [2.05, 4.69) is 12.2 Å². The van der Waals surface area contributed by atoms with Gasteiger partial charge in [0.25, 0.3) is 0 Å². The van der Waals surface area contributed by atoms with Gasteiger partial charge in [-0.15, -0.1) is 0 Å². The smallest absolute Gasteiger partial charge is 0.337 e. The van der Waals surface area contributed by atoms with Crippen molar-refractivity contribution in [1.29, 1.82) is 0 Å². The second kappa shape index (κ2) is 5.61. The van der Waals surface area contributed by atoms with Gasteiger partial charge in [0.05, 0.1) is 5.56 Å². The molecule has 0 aromatic heterocycles. The molecule has 18 heavy (non-hydrogen) atoms. The molecule has 2 rings (SSSR count). The Bertz CT molecular complexity index is 447. The number of carbonyl (C=O) groups is 1. The fraction of sp³-hybridized carbons (Fsp3) is 0.500. The topological polar surface area (TPSA) is 49.3 Å². The van der Waals surface area contributed by atoms with E-state index in [1.165, 1.54) is 25.3 Å². The molecule has 2 unspecified atom stereocenters. The average Bonchev–Trinajstić information content (AvgIpc) is 2.34. The molecule has 0 amide bonds. The van der Waals surface area contributed by atoms with E-state index in [1.807, 2.05) is 0 Å². The van der Waals surface area contributed by atoms with Crippen LogP contribution in [-0.2, 0) is 0 Å². The third-order valence-electron chi connectivity index (χ3n) is 3.66. The van der Waals surface area contributed by atoms with E-state index in [0.29, 0.717) is 22.7 Å². The molecular weight excluding hydrogens is 250 g/mol. The van der Waals surface area contributed by atoms with Crippen molar-refractivity contribution in [3.63, 3.8) is 0 Å². The first kappa shape index (κ1) is 13.2. The van der Waals surface area contributed by atoms with Crippen LogP contribution in [0.4, 0.5) is 5.69 Å². The summed E-state index contributed by atoms with van der Waals surface area (Å²) in [6.07, 6.45) is 4.78. The molecule has 0 saturated heterocycles. The van der Waals surface area contributed by atoms with Gasteiger partial charge in [-0.2, -0.15) is 0 Å². The predicted molar refractivity (Wildman–Crippen MR) is 73.5 cm³/mol. The molecule has 0 aliphatic heterocycles. The van der Waals surface area contributed by atoms with Crippen LogP contribution in [0.3, 0.4) is 0 Å². The Hall–Kier alpha value is -1.22. The maximum Gasteiger partial charge on any atom is 0.337 e. The minimum absolute atomic E-state index is 0.250. The van der Waals surface area contributed by atoms with Crippen molar-refractivity contribution in [2.75, 3.05) is 5.32 Å². The van der Waals surface area contributed by atoms with Gasteiger partial charge in [-0.1, -0.05) is 31.4 Å². The summed E-state index contributed by atoms with van der Waals surface area (Å²) in [6, 6.07) is 5.34. The molecule has 0 spiro atoms. The molecule has 3 nitrogen and oxygen atoms in total. The third-order valence-corrected chi connectivity index (χ3v) is 3.90. The molecule has 1 aliphatic rings.